The zero-order valence-electron chi connectivity index (χ0n) is 13.2. The summed E-state index contributed by atoms with van der Waals surface area (Å²) in [6.45, 7) is -0.591. The molecule has 0 aliphatic heterocycles. The molecule has 6 nitrogen and oxygen atoms in total. The molecule has 1 heterocycles. The van der Waals surface area contributed by atoms with Crippen LogP contribution in [0.1, 0.15) is 9.67 Å². The van der Waals surface area contributed by atoms with Gasteiger partial charge in [-0.25, -0.2) is 9.59 Å². The van der Waals surface area contributed by atoms with Gasteiger partial charge in [-0.05, 0) is 35.4 Å². The Kier molecular flexibility index (Phi) is 4.58. The van der Waals surface area contributed by atoms with Gasteiger partial charge in [0.1, 0.15) is 5.75 Å². The highest BCUT2D eigenvalue weighted by Gasteiger charge is 2.20. The Labute approximate surface area is 146 Å². The molecule has 1 aromatic heterocycles. The Balaban J connectivity index is 2.05. The van der Waals surface area contributed by atoms with Gasteiger partial charge in [0.25, 0.3) is 0 Å². The molecule has 0 spiro atoms. The van der Waals surface area contributed by atoms with Gasteiger partial charge in [0.15, 0.2) is 17.2 Å². The quantitative estimate of drug-likeness (QED) is 0.697. The van der Waals surface area contributed by atoms with E-state index in [1.807, 2.05) is 36.4 Å². The van der Waals surface area contributed by atoms with E-state index in [0.717, 1.165) is 28.2 Å². The fourth-order valence-corrected chi connectivity index (χ4v) is 3.48. The number of aliphatic carboxylic acids is 1. The van der Waals surface area contributed by atoms with Gasteiger partial charge in [0.2, 0.25) is 0 Å². The summed E-state index contributed by atoms with van der Waals surface area (Å²) < 4.78 is 11.1. The van der Waals surface area contributed by atoms with Crippen LogP contribution in [0.15, 0.2) is 42.5 Å². The Bertz CT molecular complexity index is 942. The van der Waals surface area contributed by atoms with Crippen LogP contribution in [-0.4, -0.2) is 35.9 Å². The molecule has 0 amide bonds. The number of carbonyl (C=O) groups is 2. The summed E-state index contributed by atoms with van der Waals surface area (Å²) >= 11 is 1.06. The molecular formula is C18H14O6S. The van der Waals surface area contributed by atoms with E-state index in [4.69, 9.17) is 14.6 Å². The predicted molar refractivity (Wildman–Crippen MR) is 93.9 cm³/mol. The molecule has 2 aromatic carbocycles. The third-order valence-electron chi connectivity index (χ3n) is 3.60. The highest BCUT2D eigenvalue weighted by atomic mass is 32.1. The van der Waals surface area contributed by atoms with E-state index in [9.17, 15) is 14.7 Å². The van der Waals surface area contributed by atoms with Crippen LogP contribution < -0.4 is 9.47 Å². The van der Waals surface area contributed by atoms with Gasteiger partial charge < -0.3 is 19.7 Å². The average Bonchev–Trinajstić information content (AvgIpc) is 2.98. The molecule has 0 bridgehead atoms. The van der Waals surface area contributed by atoms with Gasteiger partial charge in [-0.1, -0.05) is 18.2 Å². The maximum Gasteiger partial charge on any atom is 0.349 e. The molecule has 3 rings (SSSR count). The van der Waals surface area contributed by atoms with Gasteiger partial charge in [-0.2, -0.15) is 0 Å². The number of hydrogen-bond acceptors (Lipinski definition) is 5. The zero-order valence-corrected chi connectivity index (χ0v) is 14.0. The minimum atomic E-state index is -1.16. The number of fused-ring (bicyclic) bond motifs is 1. The number of methoxy groups -OCH3 is 1. The van der Waals surface area contributed by atoms with Crippen molar-refractivity contribution in [1.29, 1.82) is 0 Å². The number of carboxylic acids is 2. The summed E-state index contributed by atoms with van der Waals surface area (Å²) in [6.07, 6.45) is 0. The first-order chi connectivity index (χ1) is 12.0. The first-order valence-electron chi connectivity index (χ1n) is 7.28. The van der Waals surface area contributed by atoms with Gasteiger partial charge in [0, 0.05) is 10.1 Å². The van der Waals surface area contributed by atoms with Crippen LogP contribution in [0.3, 0.4) is 0 Å². The molecule has 25 heavy (non-hydrogen) atoms. The molecule has 7 heteroatoms. The topological polar surface area (TPSA) is 93.1 Å². The van der Waals surface area contributed by atoms with Crippen molar-refractivity contribution in [3.63, 3.8) is 0 Å². The molecule has 0 atom stereocenters. The highest BCUT2D eigenvalue weighted by molar-refractivity contribution is 7.21. The number of hydrogen-bond donors (Lipinski definition) is 2. The van der Waals surface area contributed by atoms with Crippen LogP contribution in [0.5, 0.6) is 11.5 Å². The van der Waals surface area contributed by atoms with Crippen LogP contribution in [0.4, 0.5) is 0 Å². The van der Waals surface area contributed by atoms with Crippen LogP contribution >= 0.6 is 11.3 Å². The summed E-state index contributed by atoms with van der Waals surface area (Å²) in [5.41, 5.74) is 1.87. The highest BCUT2D eigenvalue weighted by Crippen LogP contribution is 2.40. The van der Waals surface area contributed by atoms with Crippen molar-refractivity contribution < 1.29 is 29.3 Å². The van der Waals surface area contributed by atoms with E-state index in [1.165, 1.54) is 0 Å². The van der Waals surface area contributed by atoms with Crippen molar-refractivity contribution in [3.05, 3.63) is 47.3 Å². The molecule has 128 valence electrons. The average molecular weight is 358 g/mol. The first kappa shape index (κ1) is 16.8. The van der Waals surface area contributed by atoms with Crippen LogP contribution in [0.25, 0.3) is 21.2 Å². The number of thiophene rings is 1. The molecule has 0 radical (unpaired) electrons. The normalized spacial score (nSPS) is 10.6. The van der Waals surface area contributed by atoms with Crippen molar-refractivity contribution in [1.82, 2.24) is 0 Å². The van der Waals surface area contributed by atoms with Crippen molar-refractivity contribution >= 4 is 33.4 Å². The van der Waals surface area contributed by atoms with E-state index in [-0.39, 0.29) is 10.6 Å². The number of benzene rings is 2. The minimum absolute atomic E-state index is 0.0110. The second-order valence-electron chi connectivity index (χ2n) is 5.19. The van der Waals surface area contributed by atoms with Crippen molar-refractivity contribution in [3.8, 4) is 22.6 Å². The number of carboxylic acid groups (broad SMARTS) is 2. The maximum absolute atomic E-state index is 11.4. The van der Waals surface area contributed by atoms with Crippen LogP contribution in [0.2, 0.25) is 0 Å². The fourth-order valence-electron chi connectivity index (χ4n) is 2.45. The lowest BCUT2D eigenvalue weighted by atomic mass is 10.0. The van der Waals surface area contributed by atoms with E-state index < -0.39 is 18.5 Å². The summed E-state index contributed by atoms with van der Waals surface area (Å²) in [5.74, 6) is -1.47. The molecule has 3 aromatic rings. The van der Waals surface area contributed by atoms with Crippen molar-refractivity contribution in [2.24, 2.45) is 0 Å². The summed E-state index contributed by atoms with van der Waals surface area (Å²) in [4.78, 5) is 22.1. The lowest BCUT2D eigenvalue weighted by molar-refractivity contribution is -0.139. The van der Waals surface area contributed by atoms with Gasteiger partial charge in [-0.15, -0.1) is 11.3 Å². The Morgan fingerprint density at radius 3 is 2.32 bits per heavy atom. The second kappa shape index (κ2) is 6.82. The predicted octanol–water partition coefficient (Wildman–Crippen LogP) is 3.74. The summed E-state index contributed by atoms with van der Waals surface area (Å²) in [5, 5.41) is 18.7. The lowest BCUT2D eigenvalue weighted by Crippen LogP contribution is -2.10. The Hall–Kier alpha value is -3.06. The molecule has 2 N–H and O–H groups in total. The van der Waals surface area contributed by atoms with Crippen LogP contribution in [-0.2, 0) is 4.79 Å². The van der Waals surface area contributed by atoms with Gasteiger partial charge >= 0.3 is 11.9 Å². The number of rotatable bonds is 6. The van der Waals surface area contributed by atoms with Gasteiger partial charge in [0.05, 0.1) is 7.11 Å². The number of aromatic carboxylic acids is 1. The molecule has 0 unspecified atom stereocenters. The van der Waals surface area contributed by atoms with Crippen molar-refractivity contribution in [2.75, 3.05) is 13.7 Å². The summed E-state index contributed by atoms with van der Waals surface area (Å²) in [7, 11) is 1.60. The molecule has 0 aliphatic carbocycles. The Morgan fingerprint density at radius 1 is 1.04 bits per heavy atom. The first-order valence-corrected chi connectivity index (χ1v) is 8.10. The third kappa shape index (κ3) is 3.41. The summed E-state index contributed by atoms with van der Waals surface area (Å²) in [6, 6.07) is 13.0. The molecule has 0 saturated carbocycles. The van der Waals surface area contributed by atoms with E-state index in [2.05, 4.69) is 0 Å². The molecule has 0 fully saturated rings. The Morgan fingerprint density at radius 2 is 1.72 bits per heavy atom. The lowest BCUT2D eigenvalue weighted by Gasteiger charge is -2.05. The molecule has 0 saturated heterocycles. The monoisotopic (exact) mass is 358 g/mol. The van der Waals surface area contributed by atoms with Gasteiger partial charge in [-0.3, -0.25) is 0 Å². The van der Waals surface area contributed by atoms with Crippen molar-refractivity contribution in [2.45, 2.75) is 0 Å². The van der Waals surface area contributed by atoms with E-state index >= 15 is 0 Å². The minimum Gasteiger partial charge on any atom is -0.497 e. The standard InChI is InChI=1S/C18H14O6S/c1-23-12-5-2-10(3-6-12)11-4-7-13-14(8-11)25-17(18(21)22)16(13)24-9-15(19)20/h2-8H,9H2,1H3,(H,19,20)(H,21,22). The third-order valence-corrected chi connectivity index (χ3v) is 4.72. The fraction of sp³-hybridized carbons (Fsp3) is 0.111. The molecular weight excluding hydrogens is 344 g/mol. The maximum atomic E-state index is 11.4. The van der Waals surface area contributed by atoms with Crippen LogP contribution in [0, 0.1) is 0 Å². The smallest absolute Gasteiger partial charge is 0.349 e. The van der Waals surface area contributed by atoms with E-state index in [0.29, 0.717) is 10.1 Å². The van der Waals surface area contributed by atoms with E-state index in [1.54, 1.807) is 13.2 Å². The number of ether oxygens (including phenoxy) is 2. The zero-order chi connectivity index (χ0) is 18.0. The second-order valence-corrected chi connectivity index (χ2v) is 6.24. The molecule has 0 aliphatic rings. The SMILES string of the molecule is COc1ccc(-c2ccc3c(OCC(=O)O)c(C(=O)O)sc3c2)cc1. The largest absolute Gasteiger partial charge is 0.497 e.